The van der Waals surface area contributed by atoms with Gasteiger partial charge >= 0.3 is 0 Å². The van der Waals surface area contributed by atoms with Crippen molar-refractivity contribution in [1.29, 1.82) is 0 Å². The predicted octanol–water partition coefficient (Wildman–Crippen LogP) is 2.34. The van der Waals surface area contributed by atoms with Crippen molar-refractivity contribution in [2.45, 2.75) is 37.8 Å². The molecule has 9 heteroatoms. The number of carbonyl (C=O) groups excluding carboxylic acids is 4. The molecule has 0 saturated heterocycles. The Morgan fingerprint density at radius 3 is 2.08 bits per heavy atom. The molecule has 0 fully saturated rings. The molecule has 0 unspecified atom stereocenters. The van der Waals surface area contributed by atoms with Gasteiger partial charge in [-0.05, 0) is 28.3 Å². The Balaban J connectivity index is 1.49. The van der Waals surface area contributed by atoms with Crippen LogP contribution < -0.4 is 22.1 Å². The molecule has 0 spiro atoms. The molecule has 0 saturated carbocycles. The molecular weight excluding hydrogens is 494 g/mol. The number of nitrogens with one attached hydrogen (secondary N) is 3. The van der Waals surface area contributed by atoms with Crippen molar-refractivity contribution in [1.82, 2.24) is 15.6 Å². The smallest absolute Gasteiger partial charge is 0.243 e. The zero-order chi connectivity index (χ0) is 27.8. The number of primary amides is 2. The van der Waals surface area contributed by atoms with E-state index in [1.54, 1.807) is 6.20 Å². The summed E-state index contributed by atoms with van der Waals surface area (Å²) in [5, 5.41) is 6.31. The van der Waals surface area contributed by atoms with E-state index in [1.807, 2.05) is 78.9 Å². The van der Waals surface area contributed by atoms with Crippen molar-refractivity contribution in [3.05, 3.63) is 96.2 Å². The third kappa shape index (κ3) is 7.32. The van der Waals surface area contributed by atoms with E-state index in [9.17, 15) is 19.2 Å². The number of aromatic amines is 1. The molecular formula is C30H31N5O4. The first-order valence-corrected chi connectivity index (χ1v) is 12.7. The van der Waals surface area contributed by atoms with Crippen LogP contribution in [0.2, 0.25) is 0 Å². The van der Waals surface area contributed by atoms with Crippen LogP contribution in [0.5, 0.6) is 0 Å². The summed E-state index contributed by atoms with van der Waals surface area (Å²) in [6.07, 6.45) is 1.83. The van der Waals surface area contributed by atoms with Crippen LogP contribution in [-0.2, 0) is 32.0 Å². The average molecular weight is 526 g/mol. The molecule has 4 aromatic rings. The lowest BCUT2D eigenvalue weighted by Crippen LogP contribution is -2.54. The summed E-state index contributed by atoms with van der Waals surface area (Å²) in [4.78, 5) is 52.5. The molecule has 0 radical (unpaired) electrons. The second-order valence-electron chi connectivity index (χ2n) is 9.38. The molecule has 7 N–H and O–H groups in total. The lowest BCUT2D eigenvalue weighted by atomic mass is 9.99. The summed E-state index contributed by atoms with van der Waals surface area (Å²) in [7, 11) is 0. The van der Waals surface area contributed by atoms with Gasteiger partial charge in [0.25, 0.3) is 0 Å². The van der Waals surface area contributed by atoms with E-state index in [0.29, 0.717) is 0 Å². The van der Waals surface area contributed by atoms with Gasteiger partial charge in [-0.15, -0.1) is 0 Å². The van der Waals surface area contributed by atoms with Gasteiger partial charge in [0.15, 0.2) is 0 Å². The number of para-hydroxylation sites is 1. The van der Waals surface area contributed by atoms with Gasteiger partial charge in [-0.1, -0.05) is 72.8 Å². The van der Waals surface area contributed by atoms with E-state index in [4.69, 9.17) is 11.5 Å². The highest BCUT2D eigenvalue weighted by Crippen LogP contribution is 2.21. The van der Waals surface area contributed by atoms with E-state index in [0.717, 1.165) is 33.2 Å². The SMILES string of the molecule is NC(=O)CCC(=O)N[C@H](Cc1c[nH]c2ccccc12)C(=O)N[C@@H](Cc1ccc(-c2ccccc2)cc1)C(N)=O. The number of rotatable bonds is 12. The molecule has 39 heavy (non-hydrogen) atoms. The maximum Gasteiger partial charge on any atom is 0.243 e. The lowest BCUT2D eigenvalue weighted by Gasteiger charge is -2.22. The first-order chi connectivity index (χ1) is 18.8. The fourth-order valence-electron chi connectivity index (χ4n) is 4.43. The number of H-pyrrole nitrogens is 1. The monoisotopic (exact) mass is 525 g/mol. The Kier molecular flexibility index (Phi) is 8.73. The van der Waals surface area contributed by atoms with Gasteiger partial charge in [0.2, 0.25) is 23.6 Å². The first-order valence-electron chi connectivity index (χ1n) is 12.7. The molecule has 0 aliphatic rings. The van der Waals surface area contributed by atoms with E-state index in [-0.39, 0.29) is 25.7 Å². The van der Waals surface area contributed by atoms with Crippen LogP contribution >= 0.6 is 0 Å². The van der Waals surface area contributed by atoms with Crippen LogP contribution in [-0.4, -0.2) is 40.7 Å². The largest absolute Gasteiger partial charge is 0.370 e. The second-order valence-corrected chi connectivity index (χ2v) is 9.38. The number of carbonyl (C=O) groups is 4. The zero-order valence-corrected chi connectivity index (χ0v) is 21.4. The van der Waals surface area contributed by atoms with Gasteiger partial charge in [-0.2, -0.15) is 0 Å². The van der Waals surface area contributed by atoms with Gasteiger partial charge in [0, 0.05) is 42.8 Å². The average Bonchev–Trinajstić information content (AvgIpc) is 3.34. The fourth-order valence-corrected chi connectivity index (χ4v) is 4.43. The highest BCUT2D eigenvalue weighted by atomic mass is 16.2. The number of benzene rings is 3. The molecule has 4 rings (SSSR count). The van der Waals surface area contributed by atoms with Crippen LogP contribution in [0.1, 0.15) is 24.0 Å². The maximum absolute atomic E-state index is 13.4. The topological polar surface area (TPSA) is 160 Å². The summed E-state index contributed by atoms with van der Waals surface area (Å²) in [6.45, 7) is 0. The minimum absolute atomic E-state index is 0.143. The van der Waals surface area contributed by atoms with Crippen molar-refractivity contribution in [3.63, 3.8) is 0 Å². The van der Waals surface area contributed by atoms with Gasteiger partial charge in [0.1, 0.15) is 12.1 Å². The van der Waals surface area contributed by atoms with Crippen LogP contribution in [0.4, 0.5) is 0 Å². The van der Waals surface area contributed by atoms with Crippen LogP contribution in [0.25, 0.3) is 22.0 Å². The number of amides is 4. The van der Waals surface area contributed by atoms with Crippen LogP contribution in [0.3, 0.4) is 0 Å². The molecule has 1 aromatic heterocycles. The van der Waals surface area contributed by atoms with Crippen molar-refractivity contribution < 1.29 is 19.2 Å². The Morgan fingerprint density at radius 2 is 1.38 bits per heavy atom. The molecule has 0 aliphatic carbocycles. The minimum Gasteiger partial charge on any atom is -0.370 e. The molecule has 1 heterocycles. The molecule has 200 valence electrons. The summed E-state index contributed by atoms with van der Waals surface area (Å²) in [5.74, 6) is -2.37. The van der Waals surface area contributed by atoms with E-state index >= 15 is 0 Å². The van der Waals surface area contributed by atoms with Crippen molar-refractivity contribution in [2.24, 2.45) is 11.5 Å². The zero-order valence-electron chi connectivity index (χ0n) is 21.4. The van der Waals surface area contributed by atoms with Gasteiger partial charge < -0.3 is 27.1 Å². The summed E-state index contributed by atoms with van der Waals surface area (Å²) in [6, 6.07) is 23.1. The Hall–Kier alpha value is -4.92. The third-order valence-electron chi connectivity index (χ3n) is 6.51. The van der Waals surface area contributed by atoms with Gasteiger partial charge in [0.05, 0.1) is 0 Å². The fraction of sp³-hybridized carbons (Fsp3) is 0.200. The van der Waals surface area contributed by atoms with E-state index < -0.39 is 35.7 Å². The minimum atomic E-state index is -1.01. The van der Waals surface area contributed by atoms with Crippen molar-refractivity contribution in [3.8, 4) is 11.1 Å². The van der Waals surface area contributed by atoms with Gasteiger partial charge in [-0.25, -0.2) is 0 Å². The van der Waals surface area contributed by atoms with Crippen molar-refractivity contribution in [2.75, 3.05) is 0 Å². The molecule has 4 amide bonds. The highest BCUT2D eigenvalue weighted by molar-refractivity contribution is 5.93. The summed E-state index contributed by atoms with van der Waals surface area (Å²) < 4.78 is 0. The van der Waals surface area contributed by atoms with Gasteiger partial charge in [-0.3, -0.25) is 19.2 Å². The first kappa shape index (κ1) is 27.1. The van der Waals surface area contributed by atoms with Crippen molar-refractivity contribution >= 4 is 34.5 Å². The Labute approximate surface area is 226 Å². The number of hydrogen-bond acceptors (Lipinski definition) is 4. The normalized spacial score (nSPS) is 12.4. The number of hydrogen-bond donors (Lipinski definition) is 5. The molecule has 2 atom stereocenters. The molecule has 0 bridgehead atoms. The number of fused-ring (bicyclic) bond motifs is 1. The Morgan fingerprint density at radius 1 is 0.718 bits per heavy atom. The molecule has 3 aromatic carbocycles. The highest BCUT2D eigenvalue weighted by Gasteiger charge is 2.27. The number of nitrogens with two attached hydrogens (primary N) is 2. The number of aromatic nitrogens is 1. The van der Waals surface area contributed by atoms with E-state index in [2.05, 4.69) is 15.6 Å². The van der Waals surface area contributed by atoms with Crippen LogP contribution in [0.15, 0.2) is 85.1 Å². The second kappa shape index (κ2) is 12.6. The van der Waals surface area contributed by atoms with Crippen LogP contribution in [0, 0.1) is 0 Å². The standard InChI is InChI=1S/C30H31N5O4/c31-27(36)14-15-28(37)34-26(17-22-18-33-24-9-5-4-8-23(22)24)30(39)35-25(29(32)38)16-19-10-12-21(13-11-19)20-6-2-1-3-7-20/h1-13,18,25-26,33H,14-17H2,(H2,31,36)(H2,32,38)(H,34,37)(H,35,39)/t25-,26+/m0/s1. The van der Waals surface area contributed by atoms with E-state index in [1.165, 1.54) is 0 Å². The molecule has 0 aliphatic heterocycles. The quantitative estimate of drug-likeness (QED) is 0.192. The predicted molar refractivity (Wildman–Crippen MR) is 149 cm³/mol. The maximum atomic E-state index is 13.4. The summed E-state index contributed by atoms with van der Waals surface area (Å²) >= 11 is 0. The lowest BCUT2D eigenvalue weighted by molar-refractivity contribution is -0.131. The molecule has 9 nitrogen and oxygen atoms in total. The third-order valence-corrected chi connectivity index (χ3v) is 6.51. The Bertz CT molecular complexity index is 1460. The summed E-state index contributed by atoms with van der Waals surface area (Å²) in [5.41, 5.74) is 15.4.